The van der Waals surface area contributed by atoms with Crippen LogP contribution in [0.5, 0.6) is 0 Å². The van der Waals surface area contributed by atoms with Gasteiger partial charge in [0, 0.05) is 23.5 Å². The van der Waals surface area contributed by atoms with Crippen molar-refractivity contribution in [2.45, 2.75) is 12.7 Å². The molecule has 0 aliphatic rings. The lowest BCUT2D eigenvalue weighted by atomic mass is 10.3. The van der Waals surface area contributed by atoms with Crippen molar-refractivity contribution in [2.75, 3.05) is 4.90 Å². The zero-order valence-electron chi connectivity index (χ0n) is 16.1. The van der Waals surface area contributed by atoms with Crippen LogP contribution in [0.25, 0.3) is 21.7 Å². The topological polar surface area (TPSA) is 93.7 Å². The SMILES string of the molecule is FC(F)(F)c1nc(-c2ccc(CN(c3cnccn3)c3ccc4ncccc4n3)s2)no1. The van der Waals surface area contributed by atoms with Gasteiger partial charge in [0.15, 0.2) is 5.82 Å². The summed E-state index contributed by atoms with van der Waals surface area (Å²) >= 11 is 1.25. The lowest BCUT2D eigenvalue weighted by Crippen LogP contribution is -2.18. The maximum absolute atomic E-state index is 12.8. The van der Waals surface area contributed by atoms with Crippen molar-refractivity contribution in [3.05, 3.63) is 72.0 Å². The summed E-state index contributed by atoms with van der Waals surface area (Å²) in [5.74, 6) is -0.302. The number of fused-ring (bicyclic) bond motifs is 1. The molecule has 8 nitrogen and oxygen atoms in total. The van der Waals surface area contributed by atoms with E-state index in [9.17, 15) is 13.2 Å². The van der Waals surface area contributed by atoms with Crippen molar-refractivity contribution in [3.8, 4) is 10.7 Å². The fourth-order valence-electron chi connectivity index (χ4n) is 2.98. The van der Waals surface area contributed by atoms with E-state index < -0.39 is 12.1 Å². The average molecular weight is 455 g/mol. The Morgan fingerprint density at radius 2 is 1.81 bits per heavy atom. The minimum Gasteiger partial charge on any atom is -0.329 e. The van der Waals surface area contributed by atoms with Gasteiger partial charge in [-0.1, -0.05) is 5.16 Å². The smallest absolute Gasteiger partial charge is 0.329 e. The van der Waals surface area contributed by atoms with Crippen molar-refractivity contribution in [1.29, 1.82) is 0 Å². The Bertz CT molecular complexity index is 1370. The molecule has 0 aromatic carbocycles. The standard InChI is InChI=1S/C20H12F3N7OS/c21-20(22,23)19-28-18(29-31-19)15-5-3-12(32-15)11-30(17-10-24-8-9-26-17)16-6-4-13-14(27-16)2-1-7-25-13/h1-10H,11H2. The highest BCUT2D eigenvalue weighted by atomic mass is 32.1. The molecule has 0 spiro atoms. The minimum absolute atomic E-state index is 0.116. The van der Waals surface area contributed by atoms with Crippen molar-refractivity contribution < 1.29 is 17.7 Å². The van der Waals surface area contributed by atoms with Crippen LogP contribution < -0.4 is 4.90 Å². The Labute approximate surface area is 182 Å². The van der Waals surface area contributed by atoms with Crippen LogP contribution in [0, 0.1) is 0 Å². The van der Waals surface area contributed by atoms with E-state index in [4.69, 9.17) is 0 Å². The molecule has 0 fully saturated rings. The van der Waals surface area contributed by atoms with Crippen molar-refractivity contribution in [2.24, 2.45) is 0 Å². The molecule has 5 rings (SSSR count). The molecule has 5 heterocycles. The molecule has 0 amide bonds. The number of halogens is 3. The number of thiophene rings is 1. The Kier molecular flexibility index (Phi) is 4.98. The van der Waals surface area contributed by atoms with Crippen LogP contribution in [0.4, 0.5) is 24.8 Å². The van der Waals surface area contributed by atoms with Crippen molar-refractivity contribution in [3.63, 3.8) is 0 Å². The lowest BCUT2D eigenvalue weighted by Gasteiger charge is -2.22. The molecule has 0 aliphatic heterocycles. The number of hydrogen-bond acceptors (Lipinski definition) is 9. The molecule has 0 aliphatic carbocycles. The van der Waals surface area contributed by atoms with Crippen LogP contribution >= 0.6 is 11.3 Å². The first-order valence-electron chi connectivity index (χ1n) is 9.23. The number of alkyl halides is 3. The molecule has 5 aromatic heterocycles. The molecular weight excluding hydrogens is 443 g/mol. The van der Waals surface area contributed by atoms with Crippen LogP contribution in [0.2, 0.25) is 0 Å². The van der Waals surface area contributed by atoms with E-state index >= 15 is 0 Å². The second-order valence-electron chi connectivity index (χ2n) is 6.55. The first-order valence-corrected chi connectivity index (χ1v) is 10.0. The van der Waals surface area contributed by atoms with Gasteiger partial charge in [-0.3, -0.25) is 9.97 Å². The number of nitrogens with zero attached hydrogens (tertiary/aromatic N) is 7. The van der Waals surface area contributed by atoms with Crippen LogP contribution in [0.15, 0.2) is 65.7 Å². The summed E-state index contributed by atoms with van der Waals surface area (Å²) in [5.41, 5.74) is 1.48. The van der Waals surface area contributed by atoms with E-state index in [-0.39, 0.29) is 5.82 Å². The van der Waals surface area contributed by atoms with Crippen LogP contribution in [-0.2, 0) is 12.7 Å². The van der Waals surface area contributed by atoms with Gasteiger partial charge in [0.25, 0.3) is 0 Å². The minimum atomic E-state index is -4.69. The van der Waals surface area contributed by atoms with Gasteiger partial charge < -0.3 is 9.42 Å². The highest BCUT2D eigenvalue weighted by Gasteiger charge is 2.38. The largest absolute Gasteiger partial charge is 0.471 e. The summed E-state index contributed by atoms with van der Waals surface area (Å²) < 4.78 is 42.6. The molecule has 0 atom stereocenters. The van der Waals surface area contributed by atoms with Gasteiger partial charge in [-0.05, 0) is 36.4 Å². The molecule has 0 bridgehead atoms. The quantitative estimate of drug-likeness (QED) is 0.370. The zero-order valence-corrected chi connectivity index (χ0v) is 16.9. The predicted molar refractivity (Wildman–Crippen MR) is 110 cm³/mol. The summed E-state index contributed by atoms with van der Waals surface area (Å²) in [7, 11) is 0. The Hall–Kier alpha value is -3.93. The number of anilines is 2. The van der Waals surface area contributed by atoms with Crippen LogP contribution in [-0.4, -0.2) is 30.1 Å². The van der Waals surface area contributed by atoms with Gasteiger partial charge in [-0.2, -0.15) is 18.2 Å². The Morgan fingerprint density at radius 3 is 2.59 bits per heavy atom. The highest BCUT2D eigenvalue weighted by Crippen LogP contribution is 2.33. The monoisotopic (exact) mass is 455 g/mol. The third kappa shape index (κ3) is 3.99. The van der Waals surface area contributed by atoms with Crippen LogP contribution in [0.3, 0.4) is 0 Å². The average Bonchev–Trinajstić information content (AvgIpc) is 3.47. The maximum Gasteiger partial charge on any atom is 0.471 e. The number of hydrogen-bond donors (Lipinski definition) is 0. The van der Waals surface area contributed by atoms with Gasteiger partial charge in [-0.15, -0.1) is 11.3 Å². The molecule has 0 saturated carbocycles. The normalized spacial score (nSPS) is 11.7. The highest BCUT2D eigenvalue weighted by molar-refractivity contribution is 7.15. The van der Waals surface area contributed by atoms with E-state index in [0.717, 1.165) is 15.9 Å². The molecule has 5 aromatic rings. The summed E-state index contributed by atoms with van der Waals surface area (Å²) in [4.78, 5) is 24.1. The molecule has 160 valence electrons. The summed E-state index contributed by atoms with van der Waals surface area (Å²) in [6.07, 6.45) is 1.75. The lowest BCUT2D eigenvalue weighted by molar-refractivity contribution is -0.159. The fourth-order valence-corrected chi connectivity index (χ4v) is 3.91. The number of rotatable bonds is 5. The first-order chi connectivity index (χ1) is 15.5. The van der Waals surface area contributed by atoms with Gasteiger partial charge in [0.05, 0.1) is 28.7 Å². The Balaban J connectivity index is 1.48. The molecule has 0 unspecified atom stereocenters. The number of pyridine rings is 2. The third-order valence-electron chi connectivity index (χ3n) is 4.41. The molecule has 12 heteroatoms. The Morgan fingerprint density at radius 1 is 0.906 bits per heavy atom. The van der Waals surface area contributed by atoms with Gasteiger partial charge in [0.2, 0.25) is 5.82 Å². The third-order valence-corrected chi connectivity index (χ3v) is 5.47. The number of aromatic nitrogens is 6. The molecule has 32 heavy (non-hydrogen) atoms. The predicted octanol–water partition coefficient (Wildman–Crippen LogP) is 4.89. The van der Waals surface area contributed by atoms with Crippen molar-refractivity contribution in [1.82, 2.24) is 30.1 Å². The van der Waals surface area contributed by atoms with E-state index in [0.29, 0.717) is 23.1 Å². The summed E-state index contributed by atoms with van der Waals surface area (Å²) in [6.45, 7) is 0.353. The van der Waals surface area contributed by atoms with Gasteiger partial charge in [-0.25, -0.2) is 9.97 Å². The molecule has 0 radical (unpaired) electrons. The molecular formula is C20H12F3N7OS. The second kappa shape index (κ2) is 7.96. The summed E-state index contributed by atoms with van der Waals surface area (Å²) in [6, 6.07) is 10.8. The van der Waals surface area contributed by atoms with E-state index in [2.05, 4.69) is 34.6 Å². The maximum atomic E-state index is 12.8. The van der Waals surface area contributed by atoms with Crippen molar-refractivity contribution >= 4 is 34.0 Å². The fraction of sp³-hybridized carbons (Fsp3) is 0.100. The van der Waals surface area contributed by atoms with E-state index in [1.165, 1.54) is 11.3 Å². The van der Waals surface area contributed by atoms with Crippen LogP contribution in [0.1, 0.15) is 10.8 Å². The molecule has 0 N–H and O–H groups in total. The van der Waals surface area contributed by atoms with E-state index in [1.54, 1.807) is 43.0 Å². The first kappa shape index (κ1) is 20.0. The second-order valence-corrected chi connectivity index (χ2v) is 7.72. The molecule has 0 saturated heterocycles. The van der Waals surface area contributed by atoms with Gasteiger partial charge in [0.1, 0.15) is 5.82 Å². The van der Waals surface area contributed by atoms with E-state index in [1.807, 2.05) is 23.1 Å². The summed E-state index contributed by atoms with van der Waals surface area (Å²) in [5, 5.41) is 3.44. The van der Waals surface area contributed by atoms with Gasteiger partial charge >= 0.3 is 12.1 Å². The zero-order chi connectivity index (χ0) is 22.1.